The molecule has 110 valence electrons. The minimum Gasteiger partial charge on any atom is -0.497 e. The Morgan fingerprint density at radius 1 is 1.19 bits per heavy atom. The average Bonchev–Trinajstić information content (AvgIpc) is 2.49. The number of nitrogen functional groups attached to an aromatic ring is 1. The highest BCUT2D eigenvalue weighted by Gasteiger charge is 2.07. The third-order valence-corrected chi connectivity index (χ3v) is 2.95. The second-order valence-corrected chi connectivity index (χ2v) is 4.68. The highest BCUT2D eigenvalue weighted by Crippen LogP contribution is 2.23. The number of benzene rings is 2. The highest BCUT2D eigenvalue weighted by atomic mass is 35.5. The quantitative estimate of drug-likeness (QED) is 0.833. The molecule has 2 aromatic rings. The first kappa shape index (κ1) is 15.0. The van der Waals surface area contributed by atoms with Crippen LogP contribution in [0.25, 0.3) is 0 Å². The largest absolute Gasteiger partial charge is 0.497 e. The van der Waals surface area contributed by atoms with Gasteiger partial charge in [0.25, 0.3) is 5.91 Å². The second kappa shape index (κ2) is 6.85. The number of amides is 1. The summed E-state index contributed by atoms with van der Waals surface area (Å²) in [5, 5.41) is 3.14. The van der Waals surface area contributed by atoms with Crippen molar-refractivity contribution < 1.29 is 14.3 Å². The number of carbonyl (C=O) groups is 1. The van der Waals surface area contributed by atoms with Crippen LogP contribution in [0, 0.1) is 0 Å². The molecular weight excluding hydrogens is 292 g/mol. The molecule has 0 aromatic heterocycles. The molecule has 2 aromatic carbocycles. The predicted octanol–water partition coefficient (Wildman–Crippen LogP) is 2.95. The van der Waals surface area contributed by atoms with Crippen LogP contribution in [0.5, 0.6) is 11.5 Å². The minimum absolute atomic E-state index is 0.127. The Labute approximate surface area is 127 Å². The van der Waals surface area contributed by atoms with E-state index in [1.807, 2.05) is 0 Å². The molecule has 0 saturated heterocycles. The summed E-state index contributed by atoms with van der Waals surface area (Å²) < 4.78 is 10.4. The maximum Gasteiger partial charge on any atom is 0.262 e. The van der Waals surface area contributed by atoms with Crippen LogP contribution >= 0.6 is 11.6 Å². The van der Waals surface area contributed by atoms with Crippen LogP contribution in [0.15, 0.2) is 42.5 Å². The predicted molar refractivity (Wildman–Crippen MR) is 83.0 cm³/mol. The van der Waals surface area contributed by atoms with Crippen molar-refractivity contribution in [1.29, 1.82) is 0 Å². The lowest BCUT2D eigenvalue weighted by Gasteiger charge is -2.10. The summed E-state index contributed by atoms with van der Waals surface area (Å²) in [6, 6.07) is 11.8. The molecule has 0 atom stereocenters. The summed E-state index contributed by atoms with van der Waals surface area (Å²) in [4.78, 5) is 11.8. The van der Waals surface area contributed by atoms with Gasteiger partial charge in [0, 0.05) is 5.02 Å². The Balaban J connectivity index is 1.91. The van der Waals surface area contributed by atoms with Gasteiger partial charge in [-0.05, 0) is 42.5 Å². The molecule has 0 aliphatic carbocycles. The van der Waals surface area contributed by atoms with E-state index in [2.05, 4.69) is 5.32 Å². The SMILES string of the molecule is COc1ccc(OCC(=O)Nc2cc(Cl)ccc2N)cc1. The standard InChI is InChI=1S/C15H15ClN2O3/c1-20-11-3-5-12(6-4-11)21-9-15(19)18-14-8-10(16)2-7-13(14)17/h2-8H,9,17H2,1H3,(H,18,19). The van der Waals surface area contributed by atoms with Crippen LogP contribution in [0.4, 0.5) is 11.4 Å². The molecule has 0 heterocycles. The van der Waals surface area contributed by atoms with E-state index in [9.17, 15) is 4.79 Å². The van der Waals surface area contributed by atoms with E-state index < -0.39 is 0 Å². The van der Waals surface area contributed by atoms with Crippen molar-refractivity contribution in [2.45, 2.75) is 0 Å². The van der Waals surface area contributed by atoms with Gasteiger partial charge in [-0.2, -0.15) is 0 Å². The third-order valence-electron chi connectivity index (χ3n) is 2.72. The fraction of sp³-hybridized carbons (Fsp3) is 0.133. The maximum absolute atomic E-state index is 11.8. The van der Waals surface area contributed by atoms with Gasteiger partial charge < -0.3 is 20.5 Å². The van der Waals surface area contributed by atoms with E-state index in [0.29, 0.717) is 22.1 Å². The van der Waals surface area contributed by atoms with Crippen molar-refractivity contribution in [3.05, 3.63) is 47.5 Å². The molecule has 2 rings (SSSR count). The zero-order valence-electron chi connectivity index (χ0n) is 11.4. The lowest BCUT2D eigenvalue weighted by Crippen LogP contribution is -2.20. The van der Waals surface area contributed by atoms with Crippen LogP contribution in [-0.2, 0) is 4.79 Å². The molecule has 0 radical (unpaired) electrons. The van der Waals surface area contributed by atoms with Gasteiger partial charge in [-0.1, -0.05) is 11.6 Å². The summed E-state index contributed by atoms with van der Waals surface area (Å²) in [6.07, 6.45) is 0. The van der Waals surface area contributed by atoms with Gasteiger partial charge in [-0.25, -0.2) is 0 Å². The van der Waals surface area contributed by atoms with E-state index in [1.165, 1.54) is 0 Å². The topological polar surface area (TPSA) is 73.6 Å². The summed E-state index contributed by atoms with van der Waals surface area (Å²) in [7, 11) is 1.58. The number of halogens is 1. The van der Waals surface area contributed by atoms with E-state index in [0.717, 1.165) is 5.75 Å². The zero-order chi connectivity index (χ0) is 15.2. The Morgan fingerprint density at radius 3 is 2.52 bits per heavy atom. The summed E-state index contributed by atoms with van der Waals surface area (Å²) in [5.74, 6) is 0.975. The molecule has 0 bridgehead atoms. The first-order valence-electron chi connectivity index (χ1n) is 6.20. The number of methoxy groups -OCH3 is 1. The number of nitrogens with one attached hydrogen (secondary N) is 1. The number of ether oxygens (including phenoxy) is 2. The van der Waals surface area contributed by atoms with E-state index in [1.54, 1.807) is 49.6 Å². The zero-order valence-corrected chi connectivity index (χ0v) is 12.2. The Kier molecular flexibility index (Phi) is 4.90. The number of hydrogen-bond acceptors (Lipinski definition) is 4. The van der Waals surface area contributed by atoms with Gasteiger partial charge in [0.05, 0.1) is 18.5 Å². The molecule has 0 saturated carbocycles. The van der Waals surface area contributed by atoms with Crippen LogP contribution < -0.4 is 20.5 Å². The van der Waals surface area contributed by atoms with Crippen LogP contribution in [0.3, 0.4) is 0 Å². The fourth-order valence-electron chi connectivity index (χ4n) is 1.64. The molecule has 0 aliphatic rings. The third kappa shape index (κ3) is 4.29. The van der Waals surface area contributed by atoms with Crippen molar-refractivity contribution in [3.63, 3.8) is 0 Å². The molecule has 6 heteroatoms. The summed E-state index contributed by atoms with van der Waals surface area (Å²) >= 11 is 5.85. The first-order valence-corrected chi connectivity index (χ1v) is 6.58. The normalized spacial score (nSPS) is 10.0. The molecule has 21 heavy (non-hydrogen) atoms. The fourth-order valence-corrected chi connectivity index (χ4v) is 1.82. The van der Waals surface area contributed by atoms with Crippen molar-refractivity contribution in [1.82, 2.24) is 0 Å². The lowest BCUT2D eigenvalue weighted by atomic mass is 10.2. The van der Waals surface area contributed by atoms with Gasteiger partial charge in [-0.3, -0.25) is 4.79 Å². The van der Waals surface area contributed by atoms with Gasteiger partial charge >= 0.3 is 0 Å². The smallest absolute Gasteiger partial charge is 0.262 e. The van der Waals surface area contributed by atoms with Crippen molar-refractivity contribution in [2.75, 3.05) is 24.8 Å². The minimum atomic E-state index is -0.320. The van der Waals surface area contributed by atoms with Crippen LogP contribution in [0.1, 0.15) is 0 Å². The molecule has 0 spiro atoms. The number of nitrogens with two attached hydrogens (primary N) is 1. The lowest BCUT2D eigenvalue weighted by molar-refractivity contribution is -0.118. The van der Waals surface area contributed by atoms with E-state index in [-0.39, 0.29) is 12.5 Å². The molecule has 0 unspecified atom stereocenters. The van der Waals surface area contributed by atoms with Crippen molar-refractivity contribution >= 4 is 28.9 Å². The van der Waals surface area contributed by atoms with Gasteiger partial charge in [-0.15, -0.1) is 0 Å². The Morgan fingerprint density at radius 2 is 1.86 bits per heavy atom. The molecule has 5 nitrogen and oxygen atoms in total. The monoisotopic (exact) mass is 306 g/mol. The van der Waals surface area contributed by atoms with Crippen LogP contribution in [0.2, 0.25) is 5.02 Å². The summed E-state index contributed by atoms with van der Waals surface area (Å²) in [5.41, 5.74) is 6.65. The van der Waals surface area contributed by atoms with E-state index >= 15 is 0 Å². The first-order chi connectivity index (χ1) is 10.1. The Bertz CT molecular complexity index is 629. The highest BCUT2D eigenvalue weighted by molar-refractivity contribution is 6.31. The molecule has 0 fully saturated rings. The number of carbonyl (C=O) groups excluding carboxylic acids is 1. The molecule has 3 N–H and O–H groups in total. The second-order valence-electron chi connectivity index (χ2n) is 4.24. The van der Waals surface area contributed by atoms with Crippen molar-refractivity contribution in [2.24, 2.45) is 0 Å². The van der Waals surface area contributed by atoms with Gasteiger partial charge in [0.15, 0.2) is 6.61 Å². The average molecular weight is 307 g/mol. The number of rotatable bonds is 5. The molecular formula is C15H15ClN2O3. The van der Waals surface area contributed by atoms with Gasteiger partial charge in [0.1, 0.15) is 11.5 Å². The molecule has 1 amide bonds. The van der Waals surface area contributed by atoms with Gasteiger partial charge in [0.2, 0.25) is 0 Å². The molecule has 0 aliphatic heterocycles. The number of hydrogen-bond donors (Lipinski definition) is 2. The number of anilines is 2. The van der Waals surface area contributed by atoms with E-state index in [4.69, 9.17) is 26.8 Å². The van der Waals surface area contributed by atoms with Crippen LogP contribution in [-0.4, -0.2) is 19.6 Å². The van der Waals surface area contributed by atoms with Crippen molar-refractivity contribution in [3.8, 4) is 11.5 Å². The summed E-state index contributed by atoms with van der Waals surface area (Å²) in [6.45, 7) is -0.127. The Hall–Kier alpha value is -2.40. The maximum atomic E-state index is 11.8.